The van der Waals surface area contributed by atoms with Crippen molar-refractivity contribution in [3.8, 4) is 0 Å². The number of hydrogen-bond acceptors (Lipinski definition) is 5. The molecule has 0 saturated carbocycles. The van der Waals surface area contributed by atoms with Gasteiger partial charge in [0, 0.05) is 25.9 Å². The Kier molecular flexibility index (Phi) is 14.3. The Morgan fingerprint density at radius 3 is 1.74 bits per heavy atom. The molecule has 0 aromatic heterocycles. The number of ether oxygens (including phenoxy) is 3. The first-order valence-corrected chi connectivity index (χ1v) is 8.68. The summed E-state index contributed by atoms with van der Waals surface area (Å²) in [6.45, 7) is 10.8. The Morgan fingerprint density at radius 2 is 1.17 bits per heavy atom. The second-order valence-corrected chi connectivity index (χ2v) is 6.65. The third kappa shape index (κ3) is 17.4. The van der Waals surface area contributed by atoms with Crippen LogP contribution in [0.4, 0.5) is 0 Å². The summed E-state index contributed by atoms with van der Waals surface area (Å²) in [5, 5.41) is 0. The molecule has 0 bridgehead atoms. The molecule has 0 amide bonds. The number of rotatable bonds is 16. The van der Waals surface area contributed by atoms with E-state index in [2.05, 4.69) is 13.8 Å². The highest BCUT2D eigenvalue weighted by atomic mass is 16.5. The molecule has 0 aromatic rings. The van der Waals surface area contributed by atoms with Gasteiger partial charge in [0.2, 0.25) is 0 Å². The molecular formula is C18H34O5. The number of carbonyl (C=O) groups excluding carboxylic acids is 2. The van der Waals surface area contributed by atoms with E-state index in [1.54, 1.807) is 0 Å². The smallest absolute Gasteiger partial charge is 0.158 e. The standard InChI is InChI=1S/C18H34O5/c1-15(2)12-17(19)6-5-7-21-8-9-22-10-11-23-14-18(20)13-16(3)4/h15-16H,5-14H2,1-4H3. The minimum Gasteiger partial charge on any atom is -0.379 e. The molecule has 0 fully saturated rings. The summed E-state index contributed by atoms with van der Waals surface area (Å²) in [6, 6.07) is 0. The summed E-state index contributed by atoms with van der Waals surface area (Å²) >= 11 is 0. The van der Waals surface area contributed by atoms with Crippen molar-refractivity contribution >= 4 is 11.6 Å². The van der Waals surface area contributed by atoms with E-state index in [9.17, 15) is 9.59 Å². The highest BCUT2D eigenvalue weighted by molar-refractivity contribution is 5.79. The lowest BCUT2D eigenvalue weighted by atomic mass is 10.0. The molecule has 5 nitrogen and oxygen atoms in total. The molecule has 23 heavy (non-hydrogen) atoms. The van der Waals surface area contributed by atoms with Gasteiger partial charge >= 0.3 is 0 Å². The van der Waals surface area contributed by atoms with Gasteiger partial charge in [-0.15, -0.1) is 0 Å². The number of Topliss-reactive ketones (excluding diaryl/α,β-unsaturated/α-hetero) is 2. The van der Waals surface area contributed by atoms with Gasteiger partial charge < -0.3 is 14.2 Å². The van der Waals surface area contributed by atoms with Crippen LogP contribution in [-0.4, -0.2) is 51.2 Å². The lowest BCUT2D eigenvalue weighted by molar-refractivity contribution is -0.124. The number of ketones is 2. The molecule has 0 spiro atoms. The zero-order chi connectivity index (χ0) is 17.5. The predicted octanol–water partition coefficient (Wildman–Crippen LogP) is 3.05. The van der Waals surface area contributed by atoms with Crippen LogP contribution < -0.4 is 0 Å². The molecule has 0 unspecified atom stereocenters. The molecule has 0 aliphatic rings. The van der Waals surface area contributed by atoms with E-state index in [0.29, 0.717) is 69.9 Å². The summed E-state index contributed by atoms with van der Waals surface area (Å²) in [5.74, 6) is 1.25. The summed E-state index contributed by atoms with van der Waals surface area (Å²) in [6.07, 6.45) is 2.58. The third-order valence-corrected chi connectivity index (χ3v) is 3.02. The van der Waals surface area contributed by atoms with Crippen LogP contribution in [0.1, 0.15) is 53.4 Å². The first-order valence-electron chi connectivity index (χ1n) is 8.68. The normalized spacial score (nSPS) is 11.4. The van der Waals surface area contributed by atoms with Crippen molar-refractivity contribution < 1.29 is 23.8 Å². The fourth-order valence-electron chi connectivity index (χ4n) is 2.07. The fraction of sp³-hybridized carbons (Fsp3) is 0.889. The highest BCUT2D eigenvalue weighted by Crippen LogP contribution is 2.04. The van der Waals surface area contributed by atoms with Gasteiger partial charge in [-0.3, -0.25) is 9.59 Å². The molecular weight excluding hydrogens is 296 g/mol. The van der Waals surface area contributed by atoms with Gasteiger partial charge in [0.05, 0.1) is 26.4 Å². The zero-order valence-corrected chi connectivity index (χ0v) is 15.3. The maximum absolute atomic E-state index is 11.5. The van der Waals surface area contributed by atoms with Crippen molar-refractivity contribution in [2.24, 2.45) is 11.8 Å². The summed E-state index contributed by atoms with van der Waals surface area (Å²) in [4.78, 5) is 22.9. The average molecular weight is 330 g/mol. The first-order chi connectivity index (χ1) is 10.9. The second kappa shape index (κ2) is 14.8. The average Bonchev–Trinajstić information content (AvgIpc) is 2.43. The van der Waals surface area contributed by atoms with E-state index in [1.807, 2.05) is 13.8 Å². The van der Waals surface area contributed by atoms with E-state index >= 15 is 0 Å². The van der Waals surface area contributed by atoms with Gasteiger partial charge in [0.1, 0.15) is 12.4 Å². The SMILES string of the molecule is CC(C)CC(=O)CCCOCCOCCOCC(=O)CC(C)C. The summed E-state index contributed by atoms with van der Waals surface area (Å²) < 4.78 is 16.0. The molecule has 0 aromatic carbocycles. The maximum Gasteiger partial charge on any atom is 0.158 e. The molecule has 5 heteroatoms. The zero-order valence-electron chi connectivity index (χ0n) is 15.3. The van der Waals surface area contributed by atoms with Crippen LogP contribution in [0.2, 0.25) is 0 Å². The van der Waals surface area contributed by atoms with E-state index in [4.69, 9.17) is 14.2 Å². The van der Waals surface area contributed by atoms with Crippen molar-refractivity contribution in [3.05, 3.63) is 0 Å². The van der Waals surface area contributed by atoms with Crippen molar-refractivity contribution in [1.29, 1.82) is 0 Å². The summed E-state index contributed by atoms with van der Waals surface area (Å²) in [7, 11) is 0. The van der Waals surface area contributed by atoms with Crippen LogP contribution in [0.25, 0.3) is 0 Å². The molecule has 0 heterocycles. The third-order valence-electron chi connectivity index (χ3n) is 3.02. The predicted molar refractivity (Wildman–Crippen MR) is 90.6 cm³/mol. The van der Waals surface area contributed by atoms with E-state index in [0.717, 1.165) is 6.42 Å². The Bertz CT molecular complexity index is 283. The molecule has 0 N–H and O–H groups in total. The Morgan fingerprint density at radius 1 is 0.696 bits per heavy atom. The van der Waals surface area contributed by atoms with Gasteiger partial charge in [-0.1, -0.05) is 27.7 Å². The Balaban J connectivity index is 3.22. The van der Waals surface area contributed by atoms with Crippen molar-refractivity contribution in [2.75, 3.05) is 39.6 Å². The minimum absolute atomic E-state index is 0.135. The molecule has 0 aliphatic carbocycles. The quantitative estimate of drug-likeness (QED) is 0.407. The summed E-state index contributed by atoms with van der Waals surface area (Å²) in [5.41, 5.74) is 0. The van der Waals surface area contributed by atoms with Crippen molar-refractivity contribution in [2.45, 2.75) is 53.4 Å². The minimum atomic E-state index is 0.135. The number of carbonyl (C=O) groups is 2. The Labute approximate surface area is 141 Å². The monoisotopic (exact) mass is 330 g/mol. The molecule has 0 aliphatic heterocycles. The highest BCUT2D eigenvalue weighted by Gasteiger charge is 2.05. The van der Waals surface area contributed by atoms with Crippen LogP contribution in [0, 0.1) is 11.8 Å². The van der Waals surface area contributed by atoms with E-state index in [1.165, 1.54) is 0 Å². The van der Waals surface area contributed by atoms with Gasteiger partial charge in [0.15, 0.2) is 5.78 Å². The van der Waals surface area contributed by atoms with Crippen molar-refractivity contribution in [3.63, 3.8) is 0 Å². The molecule has 0 radical (unpaired) electrons. The van der Waals surface area contributed by atoms with Gasteiger partial charge in [-0.05, 0) is 18.3 Å². The topological polar surface area (TPSA) is 61.8 Å². The second-order valence-electron chi connectivity index (χ2n) is 6.65. The van der Waals surface area contributed by atoms with Crippen LogP contribution in [-0.2, 0) is 23.8 Å². The van der Waals surface area contributed by atoms with Crippen LogP contribution in [0.15, 0.2) is 0 Å². The molecule has 0 rings (SSSR count). The molecule has 136 valence electrons. The number of hydrogen-bond donors (Lipinski definition) is 0. The van der Waals surface area contributed by atoms with E-state index < -0.39 is 0 Å². The Hall–Kier alpha value is -0.780. The van der Waals surface area contributed by atoms with Crippen LogP contribution in [0.5, 0.6) is 0 Å². The van der Waals surface area contributed by atoms with Gasteiger partial charge in [0.25, 0.3) is 0 Å². The fourth-order valence-corrected chi connectivity index (χ4v) is 2.07. The first kappa shape index (κ1) is 22.2. The van der Waals surface area contributed by atoms with E-state index in [-0.39, 0.29) is 12.4 Å². The van der Waals surface area contributed by atoms with Gasteiger partial charge in [-0.25, -0.2) is 0 Å². The van der Waals surface area contributed by atoms with Crippen LogP contribution in [0.3, 0.4) is 0 Å². The molecule has 0 atom stereocenters. The lowest BCUT2D eigenvalue weighted by Gasteiger charge is -2.07. The van der Waals surface area contributed by atoms with Crippen LogP contribution >= 0.6 is 0 Å². The maximum atomic E-state index is 11.5. The van der Waals surface area contributed by atoms with Crippen molar-refractivity contribution in [1.82, 2.24) is 0 Å². The molecule has 0 saturated heterocycles. The van der Waals surface area contributed by atoms with Gasteiger partial charge in [-0.2, -0.15) is 0 Å². The largest absolute Gasteiger partial charge is 0.379 e. The lowest BCUT2D eigenvalue weighted by Crippen LogP contribution is -2.15.